The van der Waals surface area contributed by atoms with E-state index in [4.69, 9.17) is 14.2 Å². The Morgan fingerprint density at radius 2 is 1.62 bits per heavy atom. The van der Waals surface area contributed by atoms with Crippen molar-refractivity contribution in [3.05, 3.63) is 53.6 Å². The third-order valence-corrected chi connectivity index (χ3v) is 3.97. The Morgan fingerprint density at radius 3 is 2.23 bits per heavy atom. The van der Waals surface area contributed by atoms with Crippen LogP contribution in [0.1, 0.15) is 30.9 Å². The molecule has 1 amide bonds. The van der Waals surface area contributed by atoms with Crippen molar-refractivity contribution in [3.8, 4) is 17.2 Å². The van der Waals surface area contributed by atoms with Crippen LogP contribution in [-0.4, -0.2) is 27.2 Å². The predicted octanol–water partition coefficient (Wildman–Crippen LogP) is 4.49. The van der Waals surface area contributed by atoms with Crippen LogP contribution in [0.5, 0.6) is 17.2 Å². The molecule has 2 rings (SSSR count). The second kappa shape index (κ2) is 8.94. The van der Waals surface area contributed by atoms with Gasteiger partial charge >= 0.3 is 0 Å². The quantitative estimate of drug-likeness (QED) is 0.744. The SMILES string of the molecule is COc1cc(OC)c(OC)cc1/C=C/C(=O)Nc1cccc(C(C)C)c1. The molecule has 2 aromatic carbocycles. The van der Waals surface area contributed by atoms with Crippen LogP contribution in [-0.2, 0) is 4.79 Å². The highest BCUT2D eigenvalue weighted by molar-refractivity contribution is 6.02. The van der Waals surface area contributed by atoms with Crippen LogP contribution < -0.4 is 19.5 Å². The Bertz CT molecular complexity index is 797. The van der Waals surface area contributed by atoms with Crippen LogP contribution in [0.3, 0.4) is 0 Å². The molecular formula is C21H25NO4. The first-order valence-electron chi connectivity index (χ1n) is 8.37. The molecule has 0 atom stereocenters. The van der Waals surface area contributed by atoms with E-state index in [-0.39, 0.29) is 5.91 Å². The standard InChI is InChI=1S/C21H25NO4/c1-14(2)15-7-6-8-17(11-15)22-21(23)10-9-16-12-19(25-4)20(26-5)13-18(16)24-3/h6-14H,1-5H3,(H,22,23)/b10-9+. The summed E-state index contributed by atoms with van der Waals surface area (Å²) in [5.41, 5.74) is 2.66. The van der Waals surface area contributed by atoms with Crippen LogP contribution in [0.4, 0.5) is 5.69 Å². The number of methoxy groups -OCH3 is 3. The zero-order valence-corrected chi connectivity index (χ0v) is 15.8. The lowest BCUT2D eigenvalue weighted by molar-refractivity contribution is -0.111. The average molecular weight is 355 g/mol. The molecule has 5 heteroatoms. The van der Waals surface area contributed by atoms with E-state index in [1.165, 1.54) is 11.6 Å². The monoisotopic (exact) mass is 355 g/mol. The summed E-state index contributed by atoms with van der Waals surface area (Å²) >= 11 is 0. The maximum absolute atomic E-state index is 12.2. The third-order valence-electron chi connectivity index (χ3n) is 3.97. The van der Waals surface area contributed by atoms with Crippen LogP contribution >= 0.6 is 0 Å². The number of amides is 1. The first-order valence-corrected chi connectivity index (χ1v) is 8.37. The zero-order chi connectivity index (χ0) is 19.1. The number of carbonyl (C=O) groups is 1. The fourth-order valence-corrected chi connectivity index (χ4v) is 2.51. The first-order chi connectivity index (χ1) is 12.5. The molecule has 0 radical (unpaired) electrons. The molecular weight excluding hydrogens is 330 g/mol. The van der Waals surface area contributed by atoms with Crippen LogP contribution in [0, 0.1) is 0 Å². The lowest BCUT2D eigenvalue weighted by Crippen LogP contribution is -2.08. The molecule has 0 aliphatic heterocycles. The fraction of sp³-hybridized carbons (Fsp3) is 0.286. The van der Waals surface area contributed by atoms with E-state index < -0.39 is 0 Å². The van der Waals surface area contributed by atoms with Crippen molar-refractivity contribution in [2.45, 2.75) is 19.8 Å². The minimum atomic E-state index is -0.220. The molecule has 26 heavy (non-hydrogen) atoms. The number of hydrogen-bond acceptors (Lipinski definition) is 4. The number of benzene rings is 2. The second-order valence-electron chi connectivity index (χ2n) is 6.05. The highest BCUT2D eigenvalue weighted by atomic mass is 16.5. The minimum Gasteiger partial charge on any atom is -0.496 e. The molecule has 0 aromatic heterocycles. The summed E-state index contributed by atoms with van der Waals surface area (Å²) in [4.78, 5) is 12.2. The minimum absolute atomic E-state index is 0.220. The molecule has 0 saturated carbocycles. The first kappa shape index (κ1) is 19.4. The molecule has 0 fully saturated rings. The van der Waals surface area contributed by atoms with Gasteiger partial charge in [0.25, 0.3) is 0 Å². The van der Waals surface area contributed by atoms with Crippen molar-refractivity contribution in [1.82, 2.24) is 0 Å². The van der Waals surface area contributed by atoms with E-state index in [0.717, 1.165) is 11.3 Å². The summed E-state index contributed by atoms with van der Waals surface area (Å²) in [6.07, 6.45) is 3.15. The number of hydrogen-bond donors (Lipinski definition) is 1. The molecule has 0 bridgehead atoms. The molecule has 0 aliphatic rings. The Labute approximate surface area is 154 Å². The summed E-state index contributed by atoms with van der Waals surface area (Å²) in [6.45, 7) is 4.23. The van der Waals surface area contributed by atoms with Gasteiger partial charge in [0.05, 0.1) is 21.3 Å². The molecule has 5 nitrogen and oxygen atoms in total. The van der Waals surface area contributed by atoms with Crippen molar-refractivity contribution >= 4 is 17.7 Å². The Hall–Kier alpha value is -2.95. The van der Waals surface area contributed by atoms with Gasteiger partial charge in [0, 0.05) is 23.4 Å². The van der Waals surface area contributed by atoms with Crippen molar-refractivity contribution in [2.24, 2.45) is 0 Å². The maximum Gasteiger partial charge on any atom is 0.248 e. The number of nitrogens with one attached hydrogen (secondary N) is 1. The van der Waals surface area contributed by atoms with Gasteiger partial charge in [-0.05, 0) is 35.8 Å². The largest absolute Gasteiger partial charge is 0.496 e. The zero-order valence-electron chi connectivity index (χ0n) is 15.8. The second-order valence-corrected chi connectivity index (χ2v) is 6.05. The van der Waals surface area contributed by atoms with E-state index in [2.05, 4.69) is 19.2 Å². The maximum atomic E-state index is 12.2. The van der Waals surface area contributed by atoms with Gasteiger partial charge in [-0.1, -0.05) is 26.0 Å². The topological polar surface area (TPSA) is 56.8 Å². The summed E-state index contributed by atoms with van der Waals surface area (Å²) in [5.74, 6) is 1.91. The number of anilines is 1. The fourth-order valence-electron chi connectivity index (χ4n) is 2.51. The third kappa shape index (κ3) is 4.79. The van der Waals surface area contributed by atoms with E-state index in [1.54, 1.807) is 39.5 Å². The van der Waals surface area contributed by atoms with Gasteiger partial charge in [-0.2, -0.15) is 0 Å². The van der Waals surface area contributed by atoms with E-state index in [9.17, 15) is 4.79 Å². The summed E-state index contributed by atoms with van der Waals surface area (Å²) in [6, 6.07) is 11.3. The van der Waals surface area contributed by atoms with E-state index in [0.29, 0.717) is 23.2 Å². The number of ether oxygens (including phenoxy) is 3. The van der Waals surface area contributed by atoms with Gasteiger partial charge in [0.1, 0.15) is 5.75 Å². The molecule has 2 aromatic rings. The molecule has 0 saturated heterocycles. The van der Waals surface area contributed by atoms with Crippen LogP contribution in [0.15, 0.2) is 42.5 Å². The molecule has 138 valence electrons. The Kier molecular flexibility index (Phi) is 6.67. The van der Waals surface area contributed by atoms with Gasteiger partial charge in [-0.3, -0.25) is 4.79 Å². The summed E-state index contributed by atoms with van der Waals surface area (Å²) in [7, 11) is 4.69. The Morgan fingerprint density at radius 1 is 0.962 bits per heavy atom. The van der Waals surface area contributed by atoms with Gasteiger partial charge in [0.15, 0.2) is 11.5 Å². The van der Waals surface area contributed by atoms with E-state index >= 15 is 0 Å². The van der Waals surface area contributed by atoms with Crippen molar-refractivity contribution in [2.75, 3.05) is 26.6 Å². The predicted molar refractivity (Wildman–Crippen MR) is 104 cm³/mol. The Balaban J connectivity index is 2.18. The number of rotatable bonds is 7. The molecule has 1 N–H and O–H groups in total. The molecule has 0 unspecified atom stereocenters. The van der Waals surface area contributed by atoms with Gasteiger partial charge in [-0.25, -0.2) is 0 Å². The molecule has 0 spiro atoms. The summed E-state index contributed by atoms with van der Waals surface area (Å²) in [5, 5.41) is 2.87. The van der Waals surface area contributed by atoms with Crippen molar-refractivity contribution in [1.29, 1.82) is 0 Å². The van der Waals surface area contributed by atoms with Crippen LogP contribution in [0.25, 0.3) is 6.08 Å². The normalized spacial score (nSPS) is 10.8. The lowest BCUT2D eigenvalue weighted by atomic mass is 10.0. The van der Waals surface area contributed by atoms with Gasteiger partial charge in [0.2, 0.25) is 5.91 Å². The van der Waals surface area contributed by atoms with E-state index in [1.807, 2.05) is 24.3 Å². The highest BCUT2D eigenvalue weighted by Crippen LogP contribution is 2.35. The number of carbonyl (C=O) groups excluding carboxylic acids is 1. The smallest absolute Gasteiger partial charge is 0.248 e. The van der Waals surface area contributed by atoms with Gasteiger partial charge in [-0.15, -0.1) is 0 Å². The van der Waals surface area contributed by atoms with Gasteiger partial charge < -0.3 is 19.5 Å². The molecule has 0 heterocycles. The summed E-state index contributed by atoms with van der Waals surface area (Å²) < 4.78 is 15.9. The van der Waals surface area contributed by atoms with Crippen LogP contribution in [0.2, 0.25) is 0 Å². The highest BCUT2D eigenvalue weighted by Gasteiger charge is 2.10. The average Bonchev–Trinajstić information content (AvgIpc) is 2.65. The molecule has 0 aliphatic carbocycles. The van der Waals surface area contributed by atoms with Crippen molar-refractivity contribution < 1.29 is 19.0 Å². The van der Waals surface area contributed by atoms with Crippen molar-refractivity contribution in [3.63, 3.8) is 0 Å². The lowest BCUT2D eigenvalue weighted by Gasteiger charge is -2.12.